The average Bonchev–Trinajstić information content (AvgIpc) is 2.60. The SMILES string of the molecule is Cc1ccc(S(=O)(=O)N(CC(=O)NC(C)C(C)C)c2ccccc2Cl)cc1. The summed E-state index contributed by atoms with van der Waals surface area (Å²) in [5.41, 5.74) is 1.22. The molecule has 0 aliphatic carbocycles. The number of amides is 1. The largest absolute Gasteiger partial charge is 0.352 e. The lowest BCUT2D eigenvalue weighted by molar-refractivity contribution is -0.120. The Labute approximate surface area is 166 Å². The van der Waals surface area contributed by atoms with Gasteiger partial charge < -0.3 is 5.32 Å². The minimum atomic E-state index is -3.96. The van der Waals surface area contributed by atoms with Crippen LogP contribution in [0.2, 0.25) is 5.02 Å². The van der Waals surface area contributed by atoms with Crippen LogP contribution in [0, 0.1) is 12.8 Å². The number of carbonyl (C=O) groups excluding carboxylic acids is 1. The Kier molecular flexibility index (Phi) is 6.89. The molecule has 146 valence electrons. The van der Waals surface area contributed by atoms with Gasteiger partial charge in [-0.2, -0.15) is 0 Å². The summed E-state index contributed by atoms with van der Waals surface area (Å²) < 4.78 is 27.5. The molecule has 0 spiro atoms. The van der Waals surface area contributed by atoms with E-state index >= 15 is 0 Å². The van der Waals surface area contributed by atoms with E-state index in [0.717, 1.165) is 9.87 Å². The Bertz CT molecular complexity index is 896. The van der Waals surface area contributed by atoms with Crippen molar-refractivity contribution in [2.75, 3.05) is 10.8 Å². The highest BCUT2D eigenvalue weighted by atomic mass is 35.5. The Balaban J connectivity index is 2.43. The number of benzene rings is 2. The van der Waals surface area contributed by atoms with Crippen LogP contribution in [-0.4, -0.2) is 26.9 Å². The van der Waals surface area contributed by atoms with E-state index in [9.17, 15) is 13.2 Å². The number of nitrogens with one attached hydrogen (secondary N) is 1. The number of halogens is 1. The molecule has 1 unspecified atom stereocenters. The maximum atomic E-state index is 13.2. The van der Waals surface area contributed by atoms with Gasteiger partial charge in [-0.15, -0.1) is 0 Å². The molecule has 5 nitrogen and oxygen atoms in total. The number of nitrogens with zero attached hydrogens (tertiary/aromatic N) is 1. The molecule has 1 N–H and O–H groups in total. The number of hydrogen-bond acceptors (Lipinski definition) is 3. The van der Waals surface area contributed by atoms with Crippen molar-refractivity contribution in [1.29, 1.82) is 0 Å². The van der Waals surface area contributed by atoms with E-state index in [-0.39, 0.29) is 40.0 Å². The van der Waals surface area contributed by atoms with Gasteiger partial charge >= 0.3 is 0 Å². The standard InChI is InChI=1S/C20H25ClN2O3S/c1-14(2)16(4)22-20(24)13-23(19-8-6-5-7-18(19)21)27(25,26)17-11-9-15(3)10-12-17/h5-12,14,16H,13H2,1-4H3,(H,22,24). The molecular formula is C20H25ClN2O3S. The van der Waals surface area contributed by atoms with Gasteiger partial charge in [0.05, 0.1) is 15.6 Å². The molecule has 0 fully saturated rings. The summed E-state index contributed by atoms with van der Waals surface area (Å²) in [5, 5.41) is 3.11. The van der Waals surface area contributed by atoms with Crippen LogP contribution in [0.1, 0.15) is 26.3 Å². The molecule has 0 radical (unpaired) electrons. The van der Waals surface area contributed by atoms with Crippen LogP contribution in [0.15, 0.2) is 53.4 Å². The highest BCUT2D eigenvalue weighted by Crippen LogP contribution is 2.30. The molecule has 0 heterocycles. The van der Waals surface area contributed by atoms with Crippen molar-refractivity contribution in [1.82, 2.24) is 5.32 Å². The van der Waals surface area contributed by atoms with Crippen molar-refractivity contribution in [2.45, 2.75) is 38.6 Å². The molecular weight excluding hydrogens is 384 g/mol. The molecule has 2 aromatic rings. The minimum absolute atomic E-state index is 0.0762. The maximum Gasteiger partial charge on any atom is 0.264 e. The number of para-hydroxylation sites is 1. The third-order valence-electron chi connectivity index (χ3n) is 4.41. The fourth-order valence-corrected chi connectivity index (χ4v) is 4.12. The van der Waals surface area contributed by atoms with Gasteiger partial charge in [0.25, 0.3) is 10.0 Å². The molecule has 0 aromatic heterocycles. The highest BCUT2D eigenvalue weighted by molar-refractivity contribution is 7.92. The molecule has 1 amide bonds. The summed E-state index contributed by atoms with van der Waals surface area (Å²) in [6.45, 7) is 7.39. The molecule has 2 aromatic carbocycles. The first-order chi connectivity index (χ1) is 12.6. The van der Waals surface area contributed by atoms with E-state index in [1.807, 2.05) is 27.7 Å². The van der Waals surface area contributed by atoms with Crippen LogP contribution in [0.5, 0.6) is 0 Å². The van der Waals surface area contributed by atoms with Crippen LogP contribution in [0.25, 0.3) is 0 Å². The molecule has 0 aliphatic rings. The van der Waals surface area contributed by atoms with E-state index < -0.39 is 10.0 Å². The van der Waals surface area contributed by atoms with Gasteiger partial charge in [0.15, 0.2) is 0 Å². The van der Waals surface area contributed by atoms with Crippen molar-refractivity contribution in [2.24, 2.45) is 5.92 Å². The number of aryl methyl sites for hydroxylation is 1. The first kappa shape index (κ1) is 21.3. The Hall–Kier alpha value is -2.05. The van der Waals surface area contributed by atoms with Crippen LogP contribution < -0.4 is 9.62 Å². The quantitative estimate of drug-likeness (QED) is 0.752. The van der Waals surface area contributed by atoms with E-state index in [4.69, 9.17) is 11.6 Å². The van der Waals surface area contributed by atoms with Gasteiger partial charge in [-0.25, -0.2) is 8.42 Å². The summed E-state index contributed by atoms with van der Waals surface area (Å²) in [6, 6.07) is 13.0. The van der Waals surface area contributed by atoms with Crippen molar-refractivity contribution < 1.29 is 13.2 Å². The van der Waals surface area contributed by atoms with Crippen LogP contribution >= 0.6 is 11.6 Å². The Morgan fingerprint density at radius 1 is 1.07 bits per heavy atom. The summed E-state index contributed by atoms with van der Waals surface area (Å²) >= 11 is 6.24. The normalized spacial score (nSPS) is 12.7. The van der Waals surface area contributed by atoms with Crippen molar-refractivity contribution in [3.63, 3.8) is 0 Å². The van der Waals surface area contributed by atoms with E-state index in [1.54, 1.807) is 36.4 Å². The van der Waals surface area contributed by atoms with E-state index in [2.05, 4.69) is 5.32 Å². The smallest absolute Gasteiger partial charge is 0.264 e. The molecule has 0 saturated heterocycles. The number of hydrogen-bond donors (Lipinski definition) is 1. The molecule has 27 heavy (non-hydrogen) atoms. The molecule has 7 heteroatoms. The zero-order chi connectivity index (χ0) is 20.2. The lowest BCUT2D eigenvalue weighted by Crippen LogP contribution is -2.45. The summed E-state index contributed by atoms with van der Waals surface area (Å²) in [6.07, 6.45) is 0. The fourth-order valence-electron chi connectivity index (χ4n) is 2.39. The van der Waals surface area contributed by atoms with E-state index in [1.165, 1.54) is 12.1 Å². The first-order valence-corrected chi connectivity index (χ1v) is 10.6. The fraction of sp³-hybridized carbons (Fsp3) is 0.350. The molecule has 0 aliphatic heterocycles. The van der Waals surface area contributed by atoms with Crippen molar-refractivity contribution in [3.05, 3.63) is 59.1 Å². The van der Waals surface area contributed by atoms with Gasteiger partial charge in [-0.05, 0) is 44.0 Å². The molecule has 0 saturated carbocycles. The predicted octanol–water partition coefficient (Wildman–Crippen LogP) is 4.00. The second kappa shape index (κ2) is 8.76. The second-order valence-corrected chi connectivity index (χ2v) is 9.15. The van der Waals surface area contributed by atoms with Gasteiger partial charge in [-0.3, -0.25) is 9.10 Å². The predicted molar refractivity (Wildman–Crippen MR) is 110 cm³/mol. The van der Waals surface area contributed by atoms with Crippen LogP contribution in [0.4, 0.5) is 5.69 Å². The lowest BCUT2D eigenvalue weighted by atomic mass is 10.1. The molecule has 1 atom stereocenters. The van der Waals surface area contributed by atoms with Gasteiger partial charge in [0.2, 0.25) is 5.91 Å². The third-order valence-corrected chi connectivity index (χ3v) is 6.50. The minimum Gasteiger partial charge on any atom is -0.352 e. The number of carbonyl (C=O) groups is 1. The number of rotatable bonds is 7. The third kappa shape index (κ3) is 5.23. The summed E-state index contributed by atoms with van der Waals surface area (Å²) in [5.74, 6) is -0.150. The lowest BCUT2D eigenvalue weighted by Gasteiger charge is -2.26. The number of sulfonamides is 1. The molecule has 2 rings (SSSR count). The Morgan fingerprint density at radius 3 is 2.22 bits per heavy atom. The van der Waals surface area contributed by atoms with Crippen molar-refractivity contribution in [3.8, 4) is 0 Å². The van der Waals surface area contributed by atoms with Gasteiger partial charge in [0.1, 0.15) is 6.54 Å². The summed E-state index contributed by atoms with van der Waals surface area (Å²) in [7, 11) is -3.96. The average molecular weight is 409 g/mol. The molecule has 0 bridgehead atoms. The zero-order valence-electron chi connectivity index (χ0n) is 15.9. The van der Waals surface area contributed by atoms with Crippen LogP contribution in [-0.2, 0) is 14.8 Å². The topological polar surface area (TPSA) is 66.5 Å². The zero-order valence-corrected chi connectivity index (χ0v) is 17.5. The van der Waals surface area contributed by atoms with E-state index in [0.29, 0.717) is 0 Å². The van der Waals surface area contributed by atoms with Gasteiger partial charge in [-0.1, -0.05) is 55.3 Å². The maximum absolute atomic E-state index is 13.2. The highest BCUT2D eigenvalue weighted by Gasteiger charge is 2.29. The van der Waals surface area contributed by atoms with Crippen LogP contribution in [0.3, 0.4) is 0 Å². The Morgan fingerprint density at radius 2 is 1.67 bits per heavy atom. The van der Waals surface area contributed by atoms with Crippen molar-refractivity contribution >= 4 is 33.2 Å². The first-order valence-electron chi connectivity index (χ1n) is 8.76. The van der Waals surface area contributed by atoms with Gasteiger partial charge in [0, 0.05) is 6.04 Å². The summed E-state index contributed by atoms with van der Waals surface area (Å²) in [4.78, 5) is 12.6. The second-order valence-electron chi connectivity index (χ2n) is 6.88. The monoisotopic (exact) mass is 408 g/mol. The number of anilines is 1.